The lowest BCUT2D eigenvalue weighted by atomic mass is 9.93. The van der Waals surface area contributed by atoms with Crippen LogP contribution in [0.25, 0.3) is 0 Å². The van der Waals surface area contributed by atoms with Gasteiger partial charge < -0.3 is 20.4 Å². The minimum atomic E-state index is -0.770. The van der Waals surface area contributed by atoms with Crippen LogP contribution in [0.5, 0.6) is 0 Å². The van der Waals surface area contributed by atoms with E-state index in [0.29, 0.717) is 25.4 Å². The average Bonchev–Trinajstić information content (AvgIpc) is 2.88. The normalized spacial score (nSPS) is 30.2. The predicted octanol–water partition coefficient (Wildman–Crippen LogP) is 1.19. The van der Waals surface area contributed by atoms with Gasteiger partial charge in [-0.05, 0) is 44.4 Å². The number of aliphatic hydroxyl groups excluding tert-OH is 1. The van der Waals surface area contributed by atoms with Crippen molar-refractivity contribution in [1.82, 2.24) is 10.2 Å². The van der Waals surface area contributed by atoms with Gasteiger partial charge in [-0.2, -0.15) is 0 Å². The zero-order chi connectivity index (χ0) is 14.5. The average molecular weight is 284 g/mol. The van der Waals surface area contributed by atoms with Gasteiger partial charge in [-0.15, -0.1) is 0 Å². The Hall–Kier alpha value is -1.30. The summed E-state index contributed by atoms with van der Waals surface area (Å²) in [7, 11) is 0. The second-order valence-corrected chi connectivity index (χ2v) is 5.99. The molecule has 0 aromatic heterocycles. The number of likely N-dealkylation sites (tertiary alicyclic amines) is 1. The van der Waals surface area contributed by atoms with Gasteiger partial charge in [-0.3, -0.25) is 4.79 Å². The molecule has 1 aliphatic heterocycles. The summed E-state index contributed by atoms with van der Waals surface area (Å²) in [4.78, 5) is 24.5. The monoisotopic (exact) mass is 284 g/mol. The smallest absolute Gasteiger partial charge is 0.317 e. The Balaban J connectivity index is 1.70. The summed E-state index contributed by atoms with van der Waals surface area (Å²) in [5.41, 5.74) is 0. The van der Waals surface area contributed by atoms with Crippen molar-refractivity contribution < 1.29 is 19.8 Å². The van der Waals surface area contributed by atoms with Crippen molar-refractivity contribution in [2.45, 2.75) is 57.1 Å². The van der Waals surface area contributed by atoms with Crippen molar-refractivity contribution in [1.29, 1.82) is 0 Å². The van der Waals surface area contributed by atoms with E-state index in [1.165, 1.54) is 0 Å². The van der Waals surface area contributed by atoms with Crippen molar-refractivity contribution in [3.63, 3.8) is 0 Å². The van der Waals surface area contributed by atoms with E-state index >= 15 is 0 Å². The number of urea groups is 1. The van der Waals surface area contributed by atoms with E-state index in [1.807, 2.05) is 0 Å². The number of carboxylic acids is 1. The number of carbonyl (C=O) groups is 2. The number of carboxylic acid groups (broad SMARTS) is 1. The molecule has 2 rings (SSSR count). The molecule has 6 nitrogen and oxygen atoms in total. The molecule has 1 saturated carbocycles. The Morgan fingerprint density at radius 1 is 1.15 bits per heavy atom. The molecule has 1 heterocycles. The highest BCUT2D eigenvalue weighted by Gasteiger charge is 2.28. The van der Waals surface area contributed by atoms with Crippen LogP contribution >= 0.6 is 0 Å². The van der Waals surface area contributed by atoms with Crippen LogP contribution in [0.2, 0.25) is 0 Å². The highest BCUT2D eigenvalue weighted by molar-refractivity contribution is 5.74. The second-order valence-electron chi connectivity index (χ2n) is 5.99. The van der Waals surface area contributed by atoms with Crippen molar-refractivity contribution >= 4 is 12.0 Å². The minimum absolute atomic E-state index is 0.0378. The lowest BCUT2D eigenvalue weighted by Gasteiger charge is -2.28. The first kappa shape index (κ1) is 15.1. The van der Waals surface area contributed by atoms with Crippen LogP contribution in [-0.2, 0) is 4.79 Å². The van der Waals surface area contributed by atoms with Gasteiger partial charge in [0, 0.05) is 25.6 Å². The van der Waals surface area contributed by atoms with Crippen molar-refractivity contribution in [3.8, 4) is 0 Å². The molecular formula is C14H24N2O4. The van der Waals surface area contributed by atoms with Crippen LogP contribution in [0.4, 0.5) is 4.79 Å². The number of hydrogen-bond donors (Lipinski definition) is 3. The SMILES string of the molecule is O=C(O)CCC1CCN(C(=O)NC2CCC(O)CC2)C1. The first-order chi connectivity index (χ1) is 9.54. The van der Waals surface area contributed by atoms with E-state index in [1.54, 1.807) is 4.90 Å². The fourth-order valence-corrected chi connectivity index (χ4v) is 3.07. The van der Waals surface area contributed by atoms with E-state index in [4.69, 9.17) is 5.11 Å². The standard InChI is InChI=1S/C14H24N2O4/c17-12-4-2-11(3-5-12)15-14(20)16-8-7-10(9-16)1-6-13(18)19/h10-12,17H,1-9H2,(H,15,20)(H,18,19). The van der Waals surface area contributed by atoms with E-state index < -0.39 is 5.97 Å². The Labute approximate surface area is 119 Å². The number of aliphatic hydroxyl groups is 1. The molecule has 1 atom stereocenters. The largest absolute Gasteiger partial charge is 0.481 e. The van der Waals surface area contributed by atoms with Gasteiger partial charge in [-0.1, -0.05) is 0 Å². The van der Waals surface area contributed by atoms with E-state index in [0.717, 1.165) is 32.1 Å². The van der Waals surface area contributed by atoms with Gasteiger partial charge in [0.2, 0.25) is 0 Å². The fourth-order valence-electron chi connectivity index (χ4n) is 3.07. The summed E-state index contributed by atoms with van der Waals surface area (Å²) < 4.78 is 0. The predicted molar refractivity (Wildman–Crippen MR) is 73.3 cm³/mol. The summed E-state index contributed by atoms with van der Waals surface area (Å²) in [5.74, 6) is -0.460. The summed E-state index contributed by atoms with van der Waals surface area (Å²) in [6, 6.07) is 0.133. The molecular weight excluding hydrogens is 260 g/mol. The minimum Gasteiger partial charge on any atom is -0.481 e. The quantitative estimate of drug-likeness (QED) is 0.723. The van der Waals surface area contributed by atoms with Crippen molar-refractivity contribution in [2.24, 2.45) is 5.92 Å². The van der Waals surface area contributed by atoms with Crippen molar-refractivity contribution in [2.75, 3.05) is 13.1 Å². The molecule has 1 unspecified atom stereocenters. The highest BCUT2D eigenvalue weighted by Crippen LogP contribution is 2.22. The lowest BCUT2D eigenvalue weighted by Crippen LogP contribution is -2.45. The summed E-state index contributed by atoms with van der Waals surface area (Å²) in [6.07, 6.45) is 4.69. The number of aliphatic carboxylic acids is 1. The van der Waals surface area contributed by atoms with Crippen LogP contribution in [0.15, 0.2) is 0 Å². The number of hydrogen-bond acceptors (Lipinski definition) is 3. The molecule has 114 valence electrons. The molecule has 2 aliphatic rings. The Kier molecular flexibility index (Phi) is 5.23. The molecule has 0 aromatic carbocycles. The molecule has 0 radical (unpaired) electrons. The topological polar surface area (TPSA) is 89.9 Å². The number of amides is 2. The second kappa shape index (κ2) is 6.92. The third-order valence-corrected chi connectivity index (χ3v) is 4.36. The van der Waals surface area contributed by atoms with Crippen molar-refractivity contribution in [3.05, 3.63) is 0 Å². The number of rotatable bonds is 4. The summed E-state index contributed by atoms with van der Waals surface area (Å²) in [6.45, 7) is 1.37. The molecule has 0 spiro atoms. The summed E-state index contributed by atoms with van der Waals surface area (Å²) in [5, 5.41) is 21.1. The molecule has 2 fully saturated rings. The molecule has 2 amide bonds. The molecule has 6 heteroatoms. The molecule has 0 aromatic rings. The molecule has 1 aliphatic carbocycles. The number of nitrogens with zero attached hydrogens (tertiary/aromatic N) is 1. The number of carbonyl (C=O) groups excluding carboxylic acids is 1. The Bertz CT molecular complexity index is 353. The van der Waals surface area contributed by atoms with Crippen LogP contribution in [0, 0.1) is 5.92 Å². The molecule has 3 N–H and O–H groups in total. The maximum absolute atomic E-state index is 12.1. The molecule has 20 heavy (non-hydrogen) atoms. The van der Waals surface area contributed by atoms with Gasteiger partial charge >= 0.3 is 12.0 Å². The van der Waals surface area contributed by atoms with Gasteiger partial charge in [0.05, 0.1) is 6.10 Å². The lowest BCUT2D eigenvalue weighted by molar-refractivity contribution is -0.137. The Morgan fingerprint density at radius 3 is 2.50 bits per heavy atom. The molecule has 1 saturated heterocycles. The first-order valence-corrected chi connectivity index (χ1v) is 7.50. The zero-order valence-electron chi connectivity index (χ0n) is 11.8. The first-order valence-electron chi connectivity index (χ1n) is 7.50. The highest BCUT2D eigenvalue weighted by atomic mass is 16.4. The molecule has 0 bridgehead atoms. The maximum Gasteiger partial charge on any atom is 0.317 e. The third-order valence-electron chi connectivity index (χ3n) is 4.36. The summed E-state index contributed by atoms with van der Waals surface area (Å²) >= 11 is 0. The van der Waals surface area contributed by atoms with Crippen LogP contribution < -0.4 is 5.32 Å². The van der Waals surface area contributed by atoms with Gasteiger partial charge in [0.15, 0.2) is 0 Å². The van der Waals surface area contributed by atoms with E-state index in [-0.39, 0.29) is 24.6 Å². The van der Waals surface area contributed by atoms with Crippen LogP contribution in [0.3, 0.4) is 0 Å². The van der Waals surface area contributed by atoms with Gasteiger partial charge in [0.1, 0.15) is 0 Å². The van der Waals surface area contributed by atoms with E-state index in [9.17, 15) is 14.7 Å². The maximum atomic E-state index is 12.1. The number of nitrogens with one attached hydrogen (secondary N) is 1. The van der Waals surface area contributed by atoms with Crippen LogP contribution in [0.1, 0.15) is 44.9 Å². The van der Waals surface area contributed by atoms with Gasteiger partial charge in [0.25, 0.3) is 0 Å². The Morgan fingerprint density at radius 2 is 1.85 bits per heavy atom. The fraction of sp³-hybridized carbons (Fsp3) is 0.857. The third kappa shape index (κ3) is 4.37. The van der Waals surface area contributed by atoms with Crippen LogP contribution in [-0.4, -0.2) is 52.3 Å². The van der Waals surface area contributed by atoms with E-state index in [2.05, 4.69) is 5.32 Å². The van der Waals surface area contributed by atoms with Gasteiger partial charge in [-0.25, -0.2) is 4.79 Å². The zero-order valence-corrected chi connectivity index (χ0v) is 11.8.